The molecule has 0 radical (unpaired) electrons. The Morgan fingerprint density at radius 2 is 1.88 bits per heavy atom. The topological polar surface area (TPSA) is 72.5 Å². The highest BCUT2D eigenvalue weighted by Crippen LogP contribution is 2.12. The Balaban J connectivity index is 2.63. The monoisotopic (exact) mass is 261 g/mol. The Morgan fingerprint density at radius 3 is 2.35 bits per heavy atom. The lowest BCUT2D eigenvalue weighted by molar-refractivity contribution is -0.125. The van der Waals surface area contributed by atoms with Gasteiger partial charge in [-0.3, -0.25) is 9.52 Å². The Morgan fingerprint density at radius 1 is 1.35 bits per heavy atom. The van der Waals surface area contributed by atoms with Crippen molar-refractivity contribution in [3.05, 3.63) is 30.1 Å². The Kier molecular flexibility index (Phi) is 4.06. The van der Waals surface area contributed by atoms with Crippen molar-refractivity contribution in [2.75, 3.05) is 6.26 Å². The van der Waals surface area contributed by atoms with Crippen molar-refractivity contribution < 1.29 is 22.3 Å². The molecule has 1 atom stereocenters. The van der Waals surface area contributed by atoms with E-state index in [1.807, 2.05) is 0 Å². The third-order valence-electron chi connectivity index (χ3n) is 1.78. The predicted molar refractivity (Wildman–Crippen MR) is 59.5 cm³/mol. The maximum atomic E-state index is 12.6. The average Bonchev–Trinajstić information content (AvgIpc) is 2.19. The minimum Gasteiger partial charge on any atom is -0.481 e. The highest BCUT2D eigenvalue weighted by atomic mass is 32.2. The van der Waals surface area contributed by atoms with Gasteiger partial charge in [-0.25, -0.2) is 12.8 Å². The van der Waals surface area contributed by atoms with Gasteiger partial charge in [0.05, 0.1) is 6.26 Å². The van der Waals surface area contributed by atoms with Crippen LogP contribution in [0.4, 0.5) is 4.39 Å². The summed E-state index contributed by atoms with van der Waals surface area (Å²) in [7, 11) is -3.61. The summed E-state index contributed by atoms with van der Waals surface area (Å²) >= 11 is 0. The maximum Gasteiger partial charge on any atom is 0.274 e. The van der Waals surface area contributed by atoms with E-state index >= 15 is 0 Å². The zero-order valence-electron chi connectivity index (χ0n) is 9.31. The van der Waals surface area contributed by atoms with Crippen LogP contribution in [0.25, 0.3) is 0 Å². The van der Waals surface area contributed by atoms with Crippen LogP contribution in [0.1, 0.15) is 6.92 Å². The van der Waals surface area contributed by atoms with E-state index in [2.05, 4.69) is 0 Å². The number of rotatable bonds is 4. The summed E-state index contributed by atoms with van der Waals surface area (Å²) in [6.45, 7) is 1.39. The van der Waals surface area contributed by atoms with E-state index in [-0.39, 0.29) is 5.75 Å². The van der Waals surface area contributed by atoms with E-state index < -0.39 is 27.9 Å². The molecule has 1 rings (SSSR count). The standard InChI is InChI=1S/C10H12FNO4S/c1-7(10(13)12-17(2,14)15)16-9-5-3-8(11)4-6-9/h3-7H,1-2H3,(H,12,13)/t7-/m0/s1. The van der Waals surface area contributed by atoms with E-state index in [4.69, 9.17) is 4.74 Å². The molecule has 0 spiro atoms. The van der Waals surface area contributed by atoms with Gasteiger partial charge in [0.2, 0.25) is 10.0 Å². The normalized spacial score (nSPS) is 12.9. The molecule has 1 aromatic carbocycles. The van der Waals surface area contributed by atoms with E-state index in [1.165, 1.54) is 31.2 Å². The maximum absolute atomic E-state index is 12.6. The number of hydrogen-bond acceptors (Lipinski definition) is 4. The molecule has 17 heavy (non-hydrogen) atoms. The van der Waals surface area contributed by atoms with Gasteiger partial charge in [-0.15, -0.1) is 0 Å². The molecule has 0 unspecified atom stereocenters. The minimum atomic E-state index is -3.61. The first-order valence-electron chi connectivity index (χ1n) is 4.72. The van der Waals surface area contributed by atoms with E-state index in [1.54, 1.807) is 4.72 Å². The predicted octanol–water partition coefficient (Wildman–Crippen LogP) is 0.669. The fraction of sp³-hybridized carbons (Fsp3) is 0.300. The van der Waals surface area contributed by atoms with Gasteiger partial charge in [0.15, 0.2) is 6.10 Å². The van der Waals surface area contributed by atoms with Crippen molar-refractivity contribution in [1.29, 1.82) is 0 Å². The summed E-state index contributed by atoms with van der Waals surface area (Å²) in [6, 6.07) is 5.05. The van der Waals surface area contributed by atoms with Gasteiger partial charge in [0.1, 0.15) is 11.6 Å². The minimum absolute atomic E-state index is 0.280. The molecule has 5 nitrogen and oxygen atoms in total. The summed E-state index contributed by atoms with van der Waals surface area (Å²) in [5, 5.41) is 0. The van der Waals surface area contributed by atoms with Crippen LogP contribution in [-0.2, 0) is 14.8 Å². The Hall–Kier alpha value is -1.63. The SMILES string of the molecule is C[C@H](Oc1ccc(F)cc1)C(=O)NS(C)(=O)=O. The highest BCUT2D eigenvalue weighted by molar-refractivity contribution is 7.89. The molecule has 0 aliphatic carbocycles. The van der Waals surface area contributed by atoms with Crippen molar-refractivity contribution in [3.63, 3.8) is 0 Å². The molecule has 1 N–H and O–H groups in total. The van der Waals surface area contributed by atoms with Crippen LogP contribution >= 0.6 is 0 Å². The largest absolute Gasteiger partial charge is 0.481 e. The molecule has 0 aliphatic rings. The first-order chi connectivity index (χ1) is 7.78. The van der Waals surface area contributed by atoms with Gasteiger partial charge in [0.25, 0.3) is 5.91 Å². The first-order valence-corrected chi connectivity index (χ1v) is 6.61. The lowest BCUT2D eigenvalue weighted by atomic mass is 10.3. The lowest BCUT2D eigenvalue weighted by Gasteiger charge is -2.13. The van der Waals surface area contributed by atoms with Crippen molar-refractivity contribution in [3.8, 4) is 5.75 Å². The van der Waals surface area contributed by atoms with E-state index in [0.717, 1.165) is 6.26 Å². The lowest BCUT2D eigenvalue weighted by Crippen LogP contribution is -2.39. The van der Waals surface area contributed by atoms with Gasteiger partial charge in [-0.2, -0.15) is 0 Å². The van der Waals surface area contributed by atoms with Crippen LogP contribution in [0.15, 0.2) is 24.3 Å². The Labute approximate surface area is 98.6 Å². The molecule has 7 heteroatoms. The number of carbonyl (C=O) groups excluding carboxylic acids is 1. The zero-order valence-corrected chi connectivity index (χ0v) is 10.1. The fourth-order valence-corrected chi connectivity index (χ4v) is 1.57. The molecule has 1 amide bonds. The molecular weight excluding hydrogens is 249 g/mol. The number of amides is 1. The Bertz CT molecular complexity index is 498. The summed E-state index contributed by atoms with van der Waals surface area (Å²) in [5.41, 5.74) is 0. The number of nitrogens with one attached hydrogen (secondary N) is 1. The molecule has 0 aliphatic heterocycles. The smallest absolute Gasteiger partial charge is 0.274 e. The van der Waals surface area contributed by atoms with Gasteiger partial charge in [-0.1, -0.05) is 0 Å². The number of carbonyl (C=O) groups is 1. The van der Waals surface area contributed by atoms with Gasteiger partial charge < -0.3 is 4.74 Å². The van der Waals surface area contributed by atoms with Crippen LogP contribution in [0.3, 0.4) is 0 Å². The van der Waals surface area contributed by atoms with Crippen LogP contribution in [-0.4, -0.2) is 26.7 Å². The van der Waals surface area contributed by atoms with Gasteiger partial charge >= 0.3 is 0 Å². The second-order valence-corrected chi connectivity index (χ2v) is 5.20. The quantitative estimate of drug-likeness (QED) is 0.864. The summed E-state index contributed by atoms with van der Waals surface area (Å²) < 4.78 is 41.1. The molecule has 0 aromatic heterocycles. The molecule has 0 fully saturated rings. The number of hydrogen-bond donors (Lipinski definition) is 1. The molecule has 0 heterocycles. The van der Waals surface area contributed by atoms with Crippen molar-refractivity contribution >= 4 is 15.9 Å². The van der Waals surface area contributed by atoms with Crippen LogP contribution in [0.5, 0.6) is 5.75 Å². The molecular formula is C10H12FNO4S. The van der Waals surface area contributed by atoms with Crippen molar-refractivity contribution in [2.45, 2.75) is 13.0 Å². The molecule has 0 saturated carbocycles. The van der Waals surface area contributed by atoms with E-state index in [9.17, 15) is 17.6 Å². The van der Waals surface area contributed by atoms with Crippen LogP contribution in [0, 0.1) is 5.82 Å². The van der Waals surface area contributed by atoms with Crippen LogP contribution < -0.4 is 9.46 Å². The summed E-state index contributed by atoms with van der Waals surface area (Å²) in [4.78, 5) is 11.3. The van der Waals surface area contributed by atoms with Gasteiger partial charge in [0, 0.05) is 0 Å². The third-order valence-corrected chi connectivity index (χ3v) is 2.35. The molecule has 0 bridgehead atoms. The molecule has 94 valence electrons. The zero-order chi connectivity index (χ0) is 13.1. The number of ether oxygens (including phenoxy) is 1. The number of sulfonamides is 1. The average molecular weight is 261 g/mol. The fourth-order valence-electron chi connectivity index (χ4n) is 1.04. The first kappa shape index (κ1) is 13.4. The summed E-state index contributed by atoms with van der Waals surface area (Å²) in [6.07, 6.45) is -0.120. The number of benzene rings is 1. The second kappa shape index (κ2) is 5.13. The highest BCUT2D eigenvalue weighted by Gasteiger charge is 2.18. The second-order valence-electron chi connectivity index (χ2n) is 3.45. The number of halogens is 1. The van der Waals surface area contributed by atoms with E-state index in [0.29, 0.717) is 0 Å². The van der Waals surface area contributed by atoms with Crippen molar-refractivity contribution in [2.24, 2.45) is 0 Å². The van der Waals surface area contributed by atoms with Crippen molar-refractivity contribution in [1.82, 2.24) is 4.72 Å². The molecule has 1 aromatic rings. The van der Waals surface area contributed by atoms with Gasteiger partial charge in [-0.05, 0) is 31.2 Å². The molecule has 0 saturated heterocycles. The summed E-state index contributed by atoms with van der Waals surface area (Å²) in [5.74, 6) is -0.926. The third kappa shape index (κ3) is 4.81. The van der Waals surface area contributed by atoms with Crippen LogP contribution in [0.2, 0.25) is 0 Å².